The van der Waals surface area contributed by atoms with Gasteiger partial charge in [0.25, 0.3) is 5.91 Å². The summed E-state index contributed by atoms with van der Waals surface area (Å²) in [6.07, 6.45) is 0. The van der Waals surface area contributed by atoms with Gasteiger partial charge in [-0.2, -0.15) is 4.98 Å². The molecule has 7 heteroatoms. The maximum atomic E-state index is 12.1. The van der Waals surface area contributed by atoms with Crippen LogP contribution in [0.25, 0.3) is 0 Å². The molecule has 0 N–H and O–H groups in total. The SMILES string of the molecule is COc1ccc(OCC(=O)N2CC(c3nc(C(C)C)no3)C2)cc1. The number of nitrogens with zero attached hydrogens (tertiary/aromatic N) is 3. The summed E-state index contributed by atoms with van der Waals surface area (Å²) in [6, 6.07) is 7.14. The first kappa shape index (κ1) is 16.3. The fraction of sp³-hybridized carbons (Fsp3) is 0.471. The Morgan fingerprint density at radius 1 is 1.29 bits per heavy atom. The molecule has 1 aromatic carbocycles. The van der Waals surface area contributed by atoms with Crippen molar-refractivity contribution in [3.05, 3.63) is 36.0 Å². The number of carbonyl (C=O) groups excluding carboxylic acids is 1. The third-order valence-corrected chi connectivity index (χ3v) is 3.98. The van der Waals surface area contributed by atoms with E-state index in [-0.39, 0.29) is 24.3 Å². The average molecular weight is 331 g/mol. The van der Waals surface area contributed by atoms with Gasteiger partial charge < -0.3 is 18.9 Å². The van der Waals surface area contributed by atoms with Crippen LogP contribution in [0.1, 0.15) is 37.4 Å². The van der Waals surface area contributed by atoms with E-state index in [0.29, 0.717) is 30.6 Å². The molecule has 2 aromatic rings. The summed E-state index contributed by atoms with van der Waals surface area (Å²) in [5.41, 5.74) is 0. The molecule has 0 radical (unpaired) electrons. The number of hydrogen-bond acceptors (Lipinski definition) is 6. The fourth-order valence-electron chi connectivity index (χ4n) is 2.39. The number of benzene rings is 1. The monoisotopic (exact) mass is 331 g/mol. The maximum absolute atomic E-state index is 12.1. The number of methoxy groups -OCH3 is 1. The molecule has 2 heterocycles. The van der Waals surface area contributed by atoms with Gasteiger partial charge in [0, 0.05) is 19.0 Å². The van der Waals surface area contributed by atoms with E-state index in [1.165, 1.54) is 0 Å². The van der Waals surface area contributed by atoms with E-state index < -0.39 is 0 Å². The van der Waals surface area contributed by atoms with Gasteiger partial charge in [0.15, 0.2) is 12.4 Å². The zero-order valence-electron chi connectivity index (χ0n) is 14.1. The Morgan fingerprint density at radius 2 is 1.96 bits per heavy atom. The highest BCUT2D eigenvalue weighted by atomic mass is 16.5. The second kappa shape index (κ2) is 6.90. The number of likely N-dealkylation sites (tertiary alicyclic amines) is 1. The Balaban J connectivity index is 1.45. The average Bonchev–Trinajstić information content (AvgIpc) is 3.02. The summed E-state index contributed by atoms with van der Waals surface area (Å²) in [5.74, 6) is 3.01. The lowest BCUT2D eigenvalue weighted by Crippen LogP contribution is -2.50. The van der Waals surface area contributed by atoms with E-state index in [2.05, 4.69) is 10.1 Å². The summed E-state index contributed by atoms with van der Waals surface area (Å²) >= 11 is 0. The van der Waals surface area contributed by atoms with Crippen molar-refractivity contribution in [1.29, 1.82) is 0 Å². The van der Waals surface area contributed by atoms with Crippen LogP contribution < -0.4 is 9.47 Å². The Hall–Kier alpha value is -2.57. The van der Waals surface area contributed by atoms with Crippen LogP contribution in [0, 0.1) is 0 Å². The summed E-state index contributed by atoms with van der Waals surface area (Å²) in [7, 11) is 1.60. The first-order valence-electron chi connectivity index (χ1n) is 7.95. The number of rotatable bonds is 6. The molecule has 0 saturated carbocycles. The molecule has 0 unspecified atom stereocenters. The molecule has 1 aromatic heterocycles. The van der Waals surface area contributed by atoms with Crippen molar-refractivity contribution in [2.45, 2.75) is 25.7 Å². The second-order valence-electron chi connectivity index (χ2n) is 6.11. The lowest BCUT2D eigenvalue weighted by atomic mass is 10.00. The van der Waals surface area contributed by atoms with Gasteiger partial charge in [-0.05, 0) is 24.3 Å². The predicted molar refractivity (Wildman–Crippen MR) is 86.2 cm³/mol. The Kier molecular flexibility index (Phi) is 4.69. The van der Waals surface area contributed by atoms with Gasteiger partial charge in [-0.3, -0.25) is 4.79 Å². The molecule has 3 rings (SSSR count). The molecule has 128 valence electrons. The van der Waals surface area contributed by atoms with E-state index in [1.807, 2.05) is 13.8 Å². The van der Waals surface area contributed by atoms with Gasteiger partial charge in [-0.1, -0.05) is 19.0 Å². The van der Waals surface area contributed by atoms with Gasteiger partial charge in [0.05, 0.1) is 13.0 Å². The van der Waals surface area contributed by atoms with E-state index in [0.717, 1.165) is 5.75 Å². The highest BCUT2D eigenvalue weighted by Gasteiger charge is 2.35. The van der Waals surface area contributed by atoms with Crippen LogP contribution in [0.4, 0.5) is 0 Å². The van der Waals surface area contributed by atoms with Gasteiger partial charge >= 0.3 is 0 Å². The molecule has 1 saturated heterocycles. The largest absolute Gasteiger partial charge is 0.497 e. The van der Waals surface area contributed by atoms with E-state index in [4.69, 9.17) is 14.0 Å². The van der Waals surface area contributed by atoms with Crippen molar-refractivity contribution in [3.8, 4) is 11.5 Å². The van der Waals surface area contributed by atoms with Crippen LogP contribution in [0.15, 0.2) is 28.8 Å². The van der Waals surface area contributed by atoms with Crippen molar-refractivity contribution in [2.75, 3.05) is 26.8 Å². The summed E-state index contributed by atoms with van der Waals surface area (Å²) in [5, 5.41) is 3.95. The fourth-order valence-corrected chi connectivity index (χ4v) is 2.39. The third-order valence-electron chi connectivity index (χ3n) is 3.98. The molecule has 1 amide bonds. The Labute approximate surface area is 140 Å². The molecule has 0 bridgehead atoms. The lowest BCUT2D eigenvalue weighted by Gasteiger charge is -2.36. The highest BCUT2D eigenvalue weighted by Crippen LogP contribution is 2.27. The zero-order chi connectivity index (χ0) is 17.1. The minimum atomic E-state index is -0.0503. The molecule has 7 nitrogen and oxygen atoms in total. The highest BCUT2D eigenvalue weighted by molar-refractivity contribution is 5.78. The Morgan fingerprint density at radius 3 is 2.54 bits per heavy atom. The summed E-state index contributed by atoms with van der Waals surface area (Å²) in [4.78, 5) is 18.2. The number of hydrogen-bond donors (Lipinski definition) is 0. The topological polar surface area (TPSA) is 77.7 Å². The van der Waals surface area contributed by atoms with Crippen molar-refractivity contribution >= 4 is 5.91 Å². The number of aromatic nitrogens is 2. The van der Waals surface area contributed by atoms with Crippen molar-refractivity contribution in [1.82, 2.24) is 15.0 Å². The molecule has 24 heavy (non-hydrogen) atoms. The van der Waals surface area contributed by atoms with E-state index >= 15 is 0 Å². The molecule has 1 fully saturated rings. The number of amides is 1. The normalized spacial score (nSPS) is 14.6. The van der Waals surface area contributed by atoms with Gasteiger partial charge in [-0.25, -0.2) is 0 Å². The molecular formula is C17H21N3O4. The van der Waals surface area contributed by atoms with E-state index in [9.17, 15) is 4.79 Å². The molecule has 1 aliphatic heterocycles. The van der Waals surface area contributed by atoms with Crippen LogP contribution >= 0.6 is 0 Å². The quantitative estimate of drug-likeness (QED) is 0.807. The predicted octanol–water partition coefficient (Wildman–Crippen LogP) is 2.21. The third kappa shape index (κ3) is 3.50. The first-order chi connectivity index (χ1) is 11.6. The van der Waals surface area contributed by atoms with Crippen molar-refractivity contribution in [3.63, 3.8) is 0 Å². The molecule has 0 spiro atoms. The number of ether oxygens (including phenoxy) is 2. The van der Waals surface area contributed by atoms with E-state index in [1.54, 1.807) is 36.3 Å². The minimum Gasteiger partial charge on any atom is -0.497 e. The summed E-state index contributed by atoms with van der Waals surface area (Å²) in [6.45, 7) is 5.22. The van der Waals surface area contributed by atoms with Crippen molar-refractivity contribution in [2.24, 2.45) is 0 Å². The Bertz CT molecular complexity index is 690. The van der Waals surface area contributed by atoms with Crippen LogP contribution in [-0.4, -0.2) is 47.8 Å². The standard InChI is InChI=1S/C17H21N3O4/c1-11(2)16-18-17(24-19-16)12-8-20(9-12)15(21)10-23-14-6-4-13(22-3)5-7-14/h4-7,11-12H,8-10H2,1-3H3. The molecule has 0 atom stereocenters. The van der Waals surface area contributed by atoms with Crippen LogP contribution in [0.5, 0.6) is 11.5 Å². The summed E-state index contributed by atoms with van der Waals surface area (Å²) < 4.78 is 15.8. The zero-order valence-corrected chi connectivity index (χ0v) is 14.1. The van der Waals surface area contributed by atoms with Gasteiger partial charge in [0.2, 0.25) is 5.89 Å². The first-order valence-corrected chi connectivity index (χ1v) is 7.95. The van der Waals surface area contributed by atoms with Crippen molar-refractivity contribution < 1.29 is 18.8 Å². The molecular weight excluding hydrogens is 310 g/mol. The minimum absolute atomic E-state index is 0.0140. The maximum Gasteiger partial charge on any atom is 0.260 e. The second-order valence-corrected chi connectivity index (χ2v) is 6.11. The lowest BCUT2D eigenvalue weighted by molar-refractivity contribution is -0.138. The van der Waals surface area contributed by atoms with Gasteiger partial charge in [0.1, 0.15) is 11.5 Å². The van der Waals surface area contributed by atoms with Crippen LogP contribution in [-0.2, 0) is 4.79 Å². The number of carbonyl (C=O) groups is 1. The molecule has 0 aliphatic carbocycles. The van der Waals surface area contributed by atoms with Gasteiger partial charge in [-0.15, -0.1) is 0 Å². The smallest absolute Gasteiger partial charge is 0.260 e. The molecule has 1 aliphatic rings. The van der Waals surface area contributed by atoms with Crippen LogP contribution in [0.2, 0.25) is 0 Å². The van der Waals surface area contributed by atoms with Crippen LogP contribution in [0.3, 0.4) is 0 Å².